The molecule has 1 aliphatic rings. The van der Waals surface area contributed by atoms with Gasteiger partial charge in [0.15, 0.2) is 0 Å². The molecule has 1 aliphatic heterocycles. The van der Waals surface area contributed by atoms with Crippen LogP contribution in [0.25, 0.3) is 0 Å². The molecule has 1 amide bonds. The maximum atomic E-state index is 14.1. The van der Waals surface area contributed by atoms with Crippen LogP contribution in [0.5, 0.6) is 0 Å². The molecule has 20 heavy (non-hydrogen) atoms. The van der Waals surface area contributed by atoms with E-state index in [9.17, 15) is 19.1 Å². The lowest BCUT2D eigenvalue weighted by Gasteiger charge is -2.36. The van der Waals surface area contributed by atoms with Gasteiger partial charge in [-0.2, -0.15) is 0 Å². The van der Waals surface area contributed by atoms with Gasteiger partial charge in [-0.25, -0.2) is 9.18 Å². The first kappa shape index (κ1) is 14.3. The summed E-state index contributed by atoms with van der Waals surface area (Å²) >= 11 is 0. The molecule has 1 atom stereocenters. The van der Waals surface area contributed by atoms with E-state index in [1.54, 1.807) is 0 Å². The smallest absolute Gasteiger partial charge is 0.337 e. The molecule has 2 N–H and O–H groups in total. The molecule has 0 aromatic heterocycles. The highest BCUT2D eigenvalue weighted by atomic mass is 19.1. The molecule has 1 unspecified atom stereocenters. The first-order valence-corrected chi connectivity index (χ1v) is 6.14. The first-order valence-electron chi connectivity index (χ1n) is 6.14. The molecule has 1 aromatic rings. The number of halogens is 1. The zero-order chi connectivity index (χ0) is 14.7. The number of anilines is 1. The molecule has 1 aromatic carbocycles. The standard InChI is InChI=1S/C13H15FN2O4/c1-15-12(17)10-7-20-6-5-16(10)11-8(13(18)19)3-2-4-9(11)14/h2-4,10H,5-7H2,1H3,(H,15,17)(H,18,19). The van der Waals surface area contributed by atoms with E-state index in [1.807, 2.05) is 0 Å². The second-order valence-electron chi connectivity index (χ2n) is 4.34. The average molecular weight is 282 g/mol. The minimum Gasteiger partial charge on any atom is -0.478 e. The molecule has 108 valence electrons. The summed E-state index contributed by atoms with van der Waals surface area (Å²) < 4.78 is 19.3. The fourth-order valence-corrected chi connectivity index (χ4v) is 2.23. The Morgan fingerprint density at radius 3 is 2.90 bits per heavy atom. The average Bonchev–Trinajstić information content (AvgIpc) is 2.46. The van der Waals surface area contributed by atoms with Gasteiger partial charge >= 0.3 is 5.97 Å². The molecular formula is C13H15FN2O4. The van der Waals surface area contributed by atoms with Crippen LogP contribution < -0.4 is 10.2 Å². The van der Waals surface area contributed by atoms with Crippen LogP contribution in [0, 0.1) is 5.82 Å². The van der Waals surface area contributed by atoms with Crippen LogP contribution in [0.4, 0.5) is 10.1 Å². The summed E-state index contributed by atoms with van der Waals surface area (Å²) in [6.07, 6.45) is 0. The molecule has 1 heterocycles. The van der Waals surface area contributed by atoms with Crippen molar-refractivity contribution in [1.29, 1.82) is 0 Å². The maximum Gasteiger partial charge on any atom is 0.337 e. The van der Waals surface area contributed by atoms with Gasteiger partial charge in [-0.3, -0.25) is 4.79 Å². The van der Waals surface area contributed by atoms with Crippen molar-refractivity contribution in [3.05, 3.63) is 29.6 Å². The third-order valence-corrected chi connectivity index (χ3v) is 3.18. The summed E-state index contributed by atoms with van der Waals surface area (Å²) in [7, 11) is 1.47. The van der Waals surface area contributed by atoms with Gasteiger partial charge in [0.05, 0.1) is 24.5 Å². The van der Waals surface area contributed by atoms with Crippen molar-refractivity contribution in [2.24, 2.45) is 0 Å². The fourth-order valence-electron chi connectivity index (χ4n) is 2.23. The molecule has 0 saturated carbocycles. The normalized spacial score (nSPS) is 18.7. The van der Waals surface area contributed by atoms with Crippen molar-refractivity contribution in [2.45, 2.75) is 6.04 Å². The van der Waals surface area contributed by atoms with Crippen LogP contribution in [0.3, 0.4) is 0 Å². The zero-order valence-corrected chi connectivity index (χ0v) is 10.9. The lowest BCUT2D eigenvalue weighted by molar-refractivity contribution is -0.124. The minimum absolute atomic E-state index is 0.0723. The van der Waals surface area contributed by atoms with Crippen molar-refractivity contribution in [3.8, 4) is 0 Å². The van der Waals surface area contributed by atoms with Gasteiger partial charge in [-0.05, 0) is 12.1 Å². The van der Waals surface area contributed by atoms with E-state index in [1.165, 1.54) is 30.1 Å². The third kappa shape index (κ3) is 2.57. The van der Waals surface area contributed by atoms with Gasteiger partial charge in [0, 0.05) is 13.6 Å². The van der Waals surface area contributed by atoms with E-state index in [0.717, 1.165) is 0 Å². The number of para-hydroxylation sites is 1. The number of carboxylic acids is 1. The predicted octanol–water partition coefficient (Wildman–Crippen LogP) is 0.475. The van der Waals surface area contributed by atoms with Gasteiger partial charge < -0.3 is 20.1 Å². The van der Waals surface area contributed by atoms with Gasteiger partial charge in [-0.1, -0.05) is 6.07 Å². The molecule has 6 nitrogen and oxygen atoms in total. The van der Waals surface area contributed by atoms with Crippen molar-refractivity contribution >= 4 is 17.6 Å². The number of morpholine rings is 1. The van der Waals surface area contributed by atoms with Gasteiger partial charge in [0.25, 0.3) is 0 Å². The Bertz CT molecular complexity index is 535. The number of nitrogens with one attached hydrogen (secondary N) is 1. The summed E-state index contributed by atoms with van der Waals surface area (Å²) in [4.78, 5) is 24.5. The molecule has 7 heteroatoms. The van der Waals surface area contributed by atoms with Crippen LogP contribution >= 0.6 is 0 Å². The van der Waals surface area contributed by atoms with Gasteiger partial charge in [-0.15, -0.1) is 0 Å². The van der Waals surface area contributed by atoms with E-state index in [4.69, 9.17) is 4.74 Å². The third-order valence-electron chi connectivity index (χ3n) is 3.18. The van der Waals surface area contributed by atoms with Gasteiger partial charge in [0.2, 0.25) is 5.91 Å². The van der Waals surface area contributed by atoms with Crippen LogP contribution in [0.15, 0.2) is 18.2 Å². The number of rotatable bonds is 3. The molecule has 0 radical (unpaired) electrons. The van der Waals surface area contributed by atoms with E-state index in [-0.39, 0.29) is 30.3 Å². The second-order valence-corrected chi connectivity index (χ2v) is 4.34. The summed E-state index contributed by atoms with van der Waals surface area (Å²) in [6.45, 7) is 0.646. The van der Waals surface area contributed by atoms with Crippen molar-refractivity contribution < 1.29 is 23.8 Å². The number of nitrogens with zero attached hydrogens (tertiary/aromatic N) is 1. The Kier molecular flexibility index (Phi) is 4.19. The van der Waals surface area contributed by atoms with E-state index < -0.39 is 17.8 Å². The molecule has 1 fully saturated rings. The molecule has 0 aliphatic carbocycles. The SMILES string of the molecule is CNC(=O)C1COCCN1c1c(F)cccc1C(=O)O. The molecule has 0 bridgehead atoms. The van der Waals surface area contributed by atoms with Crippen molar-refractivity contribution in [3.63, 3.8) is 0 Å². The monoisotopic (exact) mass is 282 g/mol. The fraction of sp³-hybridized carbons (Fsp3) is 0.385. The Labute approximate surface area is 115 Å². The number of carbonyl (C=O) groups excluding carboxylic acids is 1. The van der Waals surface area contributed by atoms with Crippen LogP contribution in [0.1, 0.15) is 10.4 Å². The number of hydrogen-bond donors (Lipinski definition) is 2. The number of amides is 1. The Balaban J connectivity index is 2.47. The van der Waals surface area contributed by atoms with Crippen LogP contribution in [-0.2, 0) is 9.53 Å². The Hall–Kier alpha value is -2.15. The van der Waals surface area contributed by atoms with Gasteiger partial charge in [0.1, 0.15) is 11.9 Å². The second kappa shape index (κ2) is 5.87. The number of benzene rings is 1. The zero-order valence-electron chi connectivity index (χ0n) is 10.9. The number of carboxylic acid groups (broad SMARTS) is 1. The van der Waals surface area contributed by atoms with E-state index >= 15 is 0 Å². The Morgan fingerprint density at radius 2 is 2.25 bits per heavy atom. The van der Waals surface area contributed by atoms with Crippen LogP contribution in [-0.4, -0.2) is 49.8 Å². The quantitative estimate of drug-likeness (QED) is 0.843. The largest absolute Gasteiger partial charge is 0.478 e. The Morgan fingerprint density at radius 1 is 1.50 bits per heavy atom. The summed E-state index contributed by atoms with van der Waals surface area (Å²) in [6, 6.07) is 3.08. The molecule has 1 saturated heterocycles. The molecule has 2 rings (SSSR count). The van der Waals surface area contributed by atoms with Crippen molar-refractivity contribution in [1.82, 2.24) is 5.32 Å². The lowest BCUT2D eigenvalue weighted by Crippen LogP contribution is -2.54. The number of aromatic carboxylic acids is 1. The highest BCUT2D eigenvalue weighted by Crippen LogP contribution is 2.28. The topological polar surface area (TPSA) is 78.9 Å². The number of hydrogen-bond acceptors (Lipinski definition) is 4. The number of ether oxygens (including phenoxy) is 1. The first-order chi connectivity index (χ1) is 9.56. The highest BCUT2D eigenvalue weighted by Gasteiger charge is 2.33. The number of carbonyl (C=O) groups is 2. The summed E-state index contributed by atoms with van der Waals surface area (Å²) in [5, 5.41) is 11.6. The predicted molar refractivity (Wildman–Crippen MR) is 69.4 cm³/mol. The minimum atomic E-state index is -1.23. The van der Waals surface area contributed by atoms with Crippen LogP contribution in [0.2, 0.25) is 0 Å². The summed E-state index contributed by atoms with van der Waals surface area (Å²) in [5.41, 5.74) is -0.238. The molecular weight excluding hydrogens is 267 g/mol. The highest BCUT2D eigenvalue weighted by molar-refractivity contribution is 5.96. The summed E-state index contributed by atoms with van der Waals surface area (Å²) in [5.74, 6) is -2.24. The lowest BCUT2D eigenvalue weighted by atomic mass is 10.1. The maximum absolute atomic E-state index is 14.1. The number of likely N-dealkylation sites (N-methyl/N-ethyl adjacent to an activating group) is 1. The van der Waals surface area contributed by atoms with E-state index in [2.05, 4.69) is 5.32 Å². The van der Waals surface area contributed by atoms with E-state index in [0.29, 0.717) is 6.61 Å². The molecule has 0 spiro atoms. The van der Waals surface area contributed by atoms with Crippen molar-refractivity contribution in [2.75, 3.05) is 31.7 Å².